The minimum atomic E-state index is -1.40. The van der Waals surface area contributed by atoms with E-state index in [1.54, 1.807) is 30.3 Å². The molecule has 0 fully saturated rings. The summed E-state index contributed by atoms with van der Waals surface area (Å²) in [6.07, 6.45) is -1.86. The van der Waals surface area contributed by atoms with E-state index < -0.39 is 66.4 Å². The normalized spacial score (nSPS) is 14.5. The second-order valence-corrected chi connectivity index (χ2v) is 8.86. The van der Waals surface area contributed by atoms with Gasteiger partial charge in [-0.25, -0.2) is 4.79 Å². The first kappa shape index (κ1) is 32.8. The molecule has 39 heavy (non-hydrogen) atoms. The van der Waals surface area contributed by atoms with Crippen LogP contribution in [0.3, 0.4) is 0 Å². The van der Waals surface area contributed by atoms with E-state index in [1.807, 2.05) is 0 Å². The Balaban J connectivity index is 3.12. The van der Waals surface area contributed by atoms with Crippen molar-refractivity contribution in [2.45, 2.75) is 69.3 Å². The van der Waals surface area contributed by atoms with Gasteiger partial charge < -0.3 is 48.5 Å². The number of rotatable bonds is 17. The molecule has 0 saturated carbocycles. The number of aliphatic imine (C=N–C) groups is 1. The summed E-state index contributed by atoms with van der Waals surface area (Å²) in [6.45, 7) is 1.42. The zero-order chi connectivity index (χ0) is 29.5. The van der Waals surface area contributed by atoms with Crippen molar-refractivity contribution in [3.63, 3.8) is 0 Å². The smallest absolute Gasteiger partial charge is 0.326 e. The molecule has 1 aromatic carbocycles. The Labute approximate surface area is 225 Å². The standard InChI is InChI=1S/C24H37N7O8/c1-13(32)19(25)22(37)29-15(9-10-18(33)34)20(35)31-17(12-14-6-3-2-4-7-14)21(36)30-16(23(38)39)8-5-11-28-24(26)27/h2-4,6-7,13,15-17,19,32H,5,8-12,25H2,1H3,(H,29,37)(H,30,36)(H,31,35)(H,33,34)(H,38,39)(H4,26,27,28). The lowest BCUT2D eigenvalue weighted by molar-refractivity contribution is -0.142. The third-order valence-electron chi connectivity index (χ3n) is 5.58. The molecule has 216 valence electrons. The number of aliphatic carboxylic acids is 2. The van der Waals surface area contributed by atoms with Gasteiger partial charge in [0.25, 0.3) is 0 Å². The summed E-state index contributed by atoms with van der Waals surface area (Å²) in [5.41, 5.74) is 16.8. The molecule has 0 aromatic heterocycles. The number of carboxylic acid groups (broad SMARTS) is 2. The highest BCUT2D eigenvalue weighted by molar-refractivity contribution is 5.94. The van der Waals surface area contributed by atoms with E-state index in [1.165, 1.54) is 6.92 Å². The SMILES string of the molecule is CC(O)C(N)C(=O)NC(CCC(=O)O)C(=O)NC(Cc1ccccc1)C(=O)NC(CCCN=C(N)N)C(=O)O. The first-order valence-electron chi connectivity index (χ1n) is 12.2. The van der Waals surface area contributed by atoms with Gasteiger partial charge in [0.2, 0.25) is 17.7 Å². The first-order chi connectivity index (χ1) is 18.3. The van der Waals surface area contributed by atoms with Gasteiger partial charge in [-0.15, -0.1) is 0 Å². The van der Waals surface area contributed by atoms with Crippen LogP contribution in [0.2, 0.25) is 0 Å². The molecule has 15 heteroatoms. The van der Waals surface area contributed by atoms with Gasteiger partial charge in [0, 0.05) is 19.4 Å². The molecule has 5 atom stereocenters. The number of amides is 3. The Morgan fingerprint density at radius 2 is 1.44 bits per heavy atom. The zero-order valence-corrected chi connectivity index (χ0v) is 21.6. The number of carbonyl (C=O) groups is 5. The van der Waals surface area contributed by atoms with E-state index >= 15 is 0 Å². The van der Waals surface area contributed by atoms with Crippen LogP contribution in [0.4, 0.5) is 0 Å². The maximum Gasteiger partial charge on any atom is 0.326 e. The van der Waals surface area contributed by atoms with Crippen molar-refractivity contribution in [2.24, 2.45) is 22.2 Å². The number of benzene rings is 1. The van der Waals surface area contributed by atoms with Gasteiger partial charge in [0.05, 0.1) is 6.10 Å². The van der Waals surface area contributed by atoms with Crippen molar-refractivity contribution < 1.29 is 39.3 Å². The molecule has 0 heterocycles. The van der Waals surface area contributed by atoms with E-state index in [4.69, 9.17) is 22.3 Å². The molecule has 3 amide bonds. The van der Waals surface area contributed by atoms with E-state index in [9.17, 15) is 34.2 Å². The van der Waals surface area contributed by atoms with E-state index in [0.29, 0.717) is 5.56 Å². The highest BCUT2D eigenvalue weighted by atomic mass is 16.4. The van der Waals surface area contributed by atoms with Crippen molar-refractivity contribution in [1.82, 2.24) is 16.0 Å². The fourth-order valence-electron chi connectivity index (χ4n) is 3.39. The van der Waals surface area contributed by atoms with Gasteiger partial charge in [-0.05, 0) is 31.7 Å². The average molecular weight is 552 g/mol. The molecule has 0 spiro atoms. The van der Waals surface area contributed by atoms with Crippen LogP contribution in [0.15, 0.2) is 35.3 Å². The lowest BCUT2D eigenvalue weighted by atomic mass is 10.0. The van der Waals surface area contributed by atoms with Crippen molar-refractivity contribution in [3.8, 4) is 0 Å². The highest BCUT2D eigenvalue weighted by Gasteiger charge is 2.31. The van der Waals surface area contributed by atoms with Gasteiger partial charge in [-0.3, -0.25) is 24.2 Å². The molecule has 0 bridgehead atoms. The maximum absolute atomic E-state index is 13.2. The average Bonchev–Trinajstić information content (AvgIpc) is 2.87. The summed E-state index contributed by atoms with van der Waals surface area (Å²) >= 11 is 0. The molecule has 15 nitrogen and oxygen atoms in total. The van der Waals surface area contributed by atoms with Crippen LogP contribution in [-0.4, -0.2) is 87.8 Å². The number of nitrogens with zero attached hydrogens (tertiary/aromatic N) is 1. The monoisotopic (exact) mass is 551 g/mol. The van der Waals surface area contributed by atoms with E-state index in [2.05, 4.69) is 20.9 Å². The summed E-state index contributed by atoms with van der Waals surface area (Å²) in [6, 6.07) is 3.18. The van der Waals surface area contributed by atoms with Crippen molar-refractivity contribution in [1.29, 1.82) is 0 Å². The summed E-state index contributed by atoms with van der Waals surface area (Å²) in [4.78, 5) is 65.2. The fourth-order valence-corrected chi connectivity index (χ4v) is 3.39. The number of nitrogens with one attached hydrogen (secondary N) is 3. The Bertz CT molecular complexity index is 1010. The molecule has 5 unspecified atom stereocenters. The van der Waals surface area contributed by atoms with Crippen molar-refractivity contribution in [2.75, 3.05) is 6.54 Å². The third-order valence-corrected chi connectivity index (χ3v) is 5.58. The van der Waals surface area contributed by atoms with Crippen LogP contribution in [-0.2, 0) is 30.4 Å². The van der Waals surface area contributed by atoms with Gasteiger partial charge in [0.15, 0.2) is 5.96 Å². The molecule has 0 saturated heterocycles. The number of carbonyl (C=O) groups excluding carboxylic acids is 3. The number of hydrogen-bond acceptors (Lipinski definition) is 8. The van der Waals surface area contributed by atoms with Crippen LogP contribution in [0.5, 0.6) is 0 Å². The summed E-state index contributed by atoms with van der Waals surface area (Å²) in [5, 5.41) is 35.4. The molecular weight excluding hydrogens is 514 g/mol. The van der Waals surface area contributed by atoms with Crippen LogP contribution in [0, 0.1) is 0 Å². The third kappa shape index (κ3) is 12.7. The van der Waals surface area contributed by atoms with Crippen LogP contribution < -0.4 is 33.2 Å². The lowest BCUT2D eigenvalue weighted by Gasteiger charge is -2.25. The highest BCUT2D eigenvalue weighted by Crippen LogP contribution is 2.08. The van der Waals surface area contributed by atoms with E-state index in [-0.39, 0.29) is 38.2 Å². The molecule has 0 aliphatic heterocycles. The number of carboxylic acids is 2. The Kier molecular flexibility index (Phi) is 13.9. The predicted octanol–water partition coefficient (Wildman–Crippen LogP) is -2.61. The quantitative estimate of drug-likeness (QED) is 0.0549. The molecule has 0 aliphatic rings. The molecule has 1 rings (SSSR count). The van der Waals surface area contributed by atoms with E-state index in [0.717, 1.165) is 0 Å². The van der Waals surface area contributed by atoms with Crippen LogP contribution in [0.25, 0.3) is 0 Å². The van der Waals surface area contributed by atoms with Gasteiger partial charge in [0.1, 0.15) is 24.2 Å². The number of hydrogen-bond donors (Lipinski definition) is 9. The molecule has 0 aliphatic carbocycles. The summed E-state index contributed by atoms with van der Waals surface area (Å²) in [7, 11) is 0. The molecule has 12 N–H and O–H groups in total. The minimum Gasteiger partial charge on any atom is -0.481 e. The van der Waals surface area contributed by atoms with Crippen molar-refractivity contribution in [3.05, 3.63) is 35.9 Å². The molecule has 1 aromatic rings. The van der Waals surface area contributed by atoms with Gasteiger partial charge in [-0.1, -0.05) is 30.3 Å². The Morgan fingerprint density at radius 1 is 0.872 bits per heavy atom. The molecule has 0 radical (unpaired) electrons. The van der Waals surface area contributed by atoms with Crippen molar-refractivity contribution >= 4 is 35.6 Å². The van der Waals surface area contributed by atoms with Gasteiger partial charge >= 0.3 is 11.9 Å². The number of nitrogens with two attached hydrogens (primary N) is 3. The minimum absolute atomic E-state index is 0.00160. The number of aliphatic hydroxyl groups is 1. The zero-order valence-electron chi connectivity index (χ0n) is 21.6. The topological polar surface area (TPSA) is 273 Å². The Morgan fingerprint density at radius 3 is 1.97 bits per heavy atom. The first-order valence-corrected chi connectivity index (χ1v) is 12.2. The molecular formula is C24H37N7O8. The fraction of sp³-hybridized carbons (Fsp3) is 0.500. The second kappa shape index (κ2) is 16.6. The largest absolute Gasteiger partial charge is 0.481 e. The maximum atomic E-state index is 13.2. The second-order valence-electron chi connectivity index (χ2n) is 8.86. The van der Waals surface area contributed by atoms with Crippen LogP contribution >= 0.6 is 0 Å². The summed E-state index contributed by atoms with van der Waals surface area (Å²) < 4.78 is 0. The van der Waals surface area contributed by atoms with Crippen LogP contribution in [0.1, 0.15) is 38.2 Å². The Hall–Kier alpha value is -4.24. The lowest BCUT2D eigenvalue weighted by Crippen LogP contribution is -2.58. The predicted molar refractivity (Wildman–Crippen MR) is 140 cm³/mol. The number of aliphatic hydroxyl groups excluding tert-OH is 1. The summed E-state index contributed by atoms with van der Waals surface area (Å²) in [5.74, 6) is -5.30. The number of guanidine groups is 1. The van der Waals surface area contributed by atoms with Gasteiger partial charge in [-0.2, -0.15) is 0 Å².